The highest BCUT2D eigenvalue weighted by atomic mass is 16.1. The van der Waals surface area contributed by atoms with Gasteiger partial charge in [-0.1, -0.05) is 13.8 Å². The zero-order valence-corrected chi connectivity index (χ0v) is 9.18. The van der Waals surface area contributed by atoms with Crippen LogP contribution in [0, 0.1) is 23.2 Å². The number of carbonyl (C=O) groups is 1. The van der Waals surface area contributed by atoms with Crippen LogP contribution in [0.3, 0.4) is 0 Å². The first-order valence-corrected chi connectivity index (χ1v) is 5.19. The number of aromatic nitrogens is 1. The fourth-order valence-corrected chi connectivity index (χ4v) is 1.57. The van der Waals surface area contributed by atoms with Crippen molar-refractivity contribution in [3.8, 4) is 6.07 Å². The molecule has 1 aromatic rings. The number of nitrogens with zero attached hydrogens (tertiary/aromatic N) is 2. The summed E-state index contributed by atoms with van der Waals surface area (Å²) < 4.78 is 1.53. The lowest BCUT2D eigenvalue weighted by atomic mass is 9.95. The highest BCUT2D eigenvalue weighted by Crippen LogP contribution is 2.15. The lowest BCUT2D eigenvalue weighted by Gasteiger charge is -2.10. The van der Waals surface area contributed by atoms with E-state index in [4.69, 9.17) is 5.26 Å². The molecule has 0 aliphatic rings. The van der Waals surface area contributed by atoms with Crippen molar-refractivity contribution in [2.45, 2.75) is 26.7 Å². The predicted molar refractivity (Wildman–Crippen MR) is 58.2 cm³/mol. The molecule has 15 heavy (non-hydrogen) atoms. The summed E-state index contributed by atoms with van der Waals surface area (Å²) in [6.45, 7) is 4.12. The molecular formula is C12H16N2O. The van der Waals surface area contributed by atoms with Gasteiger partial charge in [-0.3, -0.25) is 9.36 Å². The maximum Gasteiger partial charge on any atom is 0.231 e. The van der Waals surface area contributed by atoms with Crippen LogP contribution in [0.15, 0.2) is 24.5 Å². The Labute approximate surface area is 90.3 Å². The summed E-state index contributed by atoms with van der Waals surface area (Å²) >= 11 is 0. The molecule has 1 heterocycles. The fraction of sp³-hybridized carbons (Fsp3) is 0.500. The lowest BCUT2D eigenvalue weighted by molar-refractivity contribution is 0.0886. The van der Waals surface area contributed by atoms with Gasteiger partial charge in [0.2, 0.25) is 5.91 Å². The zero-order valence-electron chi connectivity index (χ0n) is 9.18. The van der Waals surface area contributed by atoms with E-state index in [2.05, 4.69) is 19.9 Å². The van der Waals surface area contributed by atoms with Crippen LogP contribution in [-0.2, 0) is 0 Å². The highest BCUT2D eigenvalue weighted by Gasteiger charge is 2.15. The molecule has 1 unspecified atom stereocenters. The van der Waals surface area contributed by atoms with E-state index in [1.165, 1.54) is 4.57 Å². The molecule has 0 aliphatic heterocycles. The molecule has 0 aromatic carbocycles. The molecule has 0 fully saturated rings. The van der Waals surface area contributed by atoms with Gasteiger partial charge in [-0.05, 0) is 24.5 Å². The predicted octanol–water partition coefficient (Wildman–Crippen LogP) is 2.70. The third-order valence-corrected chi connectivity index (χ3v) is 2.25. The van der Waals surface area contributed by atoms with Crippen LogP contribution in [0.2, 0.25) is 0 Å². The van der Waals surface area contributed by atoms with E-state index in [0.717, 1.165) is 6.42 Å². The van der Waals surface area contributed by atoms with Crippen LogP contribution < -0.4 is 0 Å². The first-order valence-electron chi connectivity index (χ1n) is 5.19. The average molecular weight is 204 g/mol. The van der Waals surface area contributed by atoms with Crippen LogP contribution in [0.5, 0.6) is 0 Å². The van der Waals surface area contributed by atoms with E-state index < -0.39 is 0 Å². The van der Waals surface area contributed by atoms with Crippen molar-refractivity contribution in [3.63, 3.8) is 0 Å². The second-order valence-corrected chi connectivity index (χ2v) is 4.14. The van der Waals surface area contributed by atoms with Crippen LogP contribution in [0.25, 0.3) is 0 Å². The highest BCUT2D eigenvalue weighted by molar-refractivity contribution is 5.79. The largest absolute Gasteiger partial charge is 0.295 e. The molecule has 0 amide bonds. The Bertz CT molecular complexity index is 346. The zero-order chi connectivity index (χ0) is 11.3. The number of carbonyl (C=O) groups excluding carboxylic acids is 1. The number of hydrogen-bond donors (Lipinski definition) is 0. The van der Waals surface area contributed by atoms with E-state index in [9.17, 15) is 4.79 Å². The van der Waals surface area contributed by atoms with Crippen molar-refractivity contribution >= 4 is 5.91 Å². The molecule has 0 saturated heterocycles. The molecule has 1 rings (SSSR count). The van der Waals surface area contributed by atoms with E-state index in [1.807, 2.05) is 12.1 Å². The fourth-order valence-electron chi connectivity index (χ4n) is 1.57. The Kier molecular flexibility index (Phi) is 4.11. The average Bonchev–Trinajstić information content (AvgIpc) is 2.68. The first kappa shape index (κ1) is 11.5. The summed E-state index contributed by atoms with van der Waals surface area (Å²) in [6.07, 6.45) is 4.52. The van der Waals surface area contributed by atoms with E-state index in [1.54, 1.807) is 12.4 Å². The maximum absolute atomic E-state index is 11.7. The topological polar surface area (TPSA) is 45.8 Å². The Balaban J connectivity index is 2.53. The molecule has 0 aliphatic carbocycles. The number of rotatable bonds is 4. The second kappa shape index (κ2) is 5.35. The van der Waals surface area contributed by atoms with E-state index in [0.29, 0.717) is 12.3 Å². The van der Waals surface area contributed by atoms with E-state index in [-0.39, 0.29) is 11.8 Å². The summed E-state index contributed by atoms with van der Waals surface area (Å²) in [7, 11) is 0. The van der Waals surface area contributed by atoms with Gasteiger partial charge in [0, 0.05) is 18.8 Å². The molecule has 3 nitrogen and oxygen atoms in total. The Morgan fingerprint density at radius 2 is 2.00 bits per heavy atom. The van der Waals surface area contributed by atoms with Gasteiger partial charge in [0.25, 0.3) is 0 Å². The van der Waals surface area contributed by atoms with Gasteiger partial charge in [0.15, 0.2) is 0 Å². The van der Waals surface area contributed by atoms with Gasteiger partial charge in [0.05, 0.1) is 12.0 Å². The summed E-state index contributed by atoms with van der Waals surface area (Å²) in [5, 5.41) is 8.91. The first-order chi connectivity index (χ1) is 7.13. The van der Waals surface area contributed by atoms with Gasteiger partial charge in [-0.25, -0.2) is 0 Å². The molecule has 1 aromatic heterocycles. The molecule has 1 atom stereocenters. The summed E-state index contributed by atoms with van der Waals surface area (Å²) in [5.41, 5.74) is 0. The molecule has 0 N–H and O–H groups in total. The standard InChI is InChI=1S/C12H16N2O/c1-10(2)7-11(9-13)8-12(15)14-5-3-4-6-14/h3-6,10-11H,7-8H2,1-2H3. The molecule has 0 bridgehead atoms. The van der Waals surface area contributed by atoms with Crippen LogP contribution in [0.1, 0.15) is 31.5 Å². The lowest BCUT2D eigenvalue weighted by Crippen LogP contribution is -2.14. The molecular weight excluding hydrogens is 188 g/mol. The van der Waals surface area contributed by atoms with Crippen molar-refractivity contribution in [1.29, 1.82) is 5.26 Å². The minimum absolute atomic E-state index is 0.00722. The van der Waals surface area contributed by atoms with Gasteiger partial charge in [-0.2, -0.15) is 5.26 Å². The van der Waals surface area contributed by atoms with Crippen LogP contribution in [0.4, 0.5) is 0 Å². The molecule has 0 saturated carbocycles. The summed E-state index contributed by atoms with van der Waals surface area (Å²) in [6, 6.07) is 5.81. The van der Waals surface area contributed by atoms with Crippen molar-refractivity contribution < 1.29 is 4.79 Å². The Morgan fingerprint density at radius 3 is 2.47 bits per heavy atom. The molecule has 0 radical (unpaired) electrons. The third kappa shape index (κ3) is 3.59. The van der Waals surface area contributed by atoms with Crippen molar-refractivity contribution in [3.05, 3.63) is 24.5 Å². The Hall–Kier alpha value is -1.56. The van der Waals surface area contributed by atoms with Crippen molar-refractivity contribution in [1.82, 2.24) is 4.57 Å². The van der Waals surface area contributed by atoms with Crippen LogP contribution in [-0.4, -0.2) is 10.5 Å². The molecule has 0 spiro atoms. The number of nitriles is 1. The summed E-state index contributed by atoms with van der Waals surface area (Å²) in [4.78, 5) is 11.7. The minimum Gasteiger partial charge on any atom is -0.295 e. The second-order valence-electron chi connectivity index (χ2n) is 4.14. The van der Waals surface area contributed by atoms with Crippen molar-refractivity contribution in [2.75, 3.05) is 0 Å². The SMILES string of the molecule is CC(C)CC(C#N)CC(=O)n1cccc1. The Morgan fingerprint density at radius 1 is 1.40 bits per heavy atom. The number of hydrogen-bond acceptors (Lipinski definition) is 2. The molecule has 80 valence electrons. The van der Waals surface area contributed by atoms with Gasteiger partial charge < -0.3 is 0 Å². The van der Waals surface area contributed by atoms with Gasteiger partial charge >= 0.3 is 0 Å². The maximum atomic E-state index is 11.7. The minimum atomic E-state index is -0.167. The summed E-state index contributed by atoms with van der Waals surface area (Å²) in [5.74, 6) is 0.277. The van der Waals surface area contributed by atoms with Crippen LogP contribution >= 0.6 is 0 Å². The van der Waals surface area contributed by atoms with Gasteiger partial charge in [-0.15, -0.1) is 0 Å². The quantitative estimate of drug-likeness (QED) is 0.757. The van der Waals surface area contributed by atoms with Crippen molar-refractivity contribution in [2.24, 2.45) is 11.8 Å². The smallest absolute Gasteiger partial charge is 0.231 e. The normalized spacial score (nSPS) is 12.4. The molecule has 3 heteroatoms. The van der Waals surface area contributed by atoms with Gasteiger partial charge in [0.1, 0.15) is 0 Å². The monoisotopic (exact) mass is 204 g/mol. The van der Waals surface area contributed by atoms with E-state index >= 15 is 0 Å². The third-order valence-electron chi connectivity index (χ3n) is 2.25.